The number of carboxylic acid groups (broad SMARTS) is 1. The highest BCUT2D eigenvalue weighted by Gasteiger charge is 2.26. The first-order valence-corrected chi connectivity index (χ1v) is 7.26. The Morgan fingerprint density at radius 3 is 2.45 bits per heavy atom. The van der Waals surface area contributed by atoms with Gasteiger partial charge >= 0.3 is 5.97 Å². The summed E-state index contributed by atoms with van der Waals surface area (Å²) in [6, 6.07) is 16.8. The molecule has 112 valence electrons. The summed E-state index contributed by atoms with van der Waals surface area (Å²) in [5.74, 6) is -0.930. The summed E-state index contributed by atoms with van der Waals surface area (Å²) in [6.45, 7) is 0.663. The van der Waals surface area contributed by atoms with Crippen LogP contribution in [0, 0.1) is 0 Å². The number of rotatable bonds is 4. The van der Waals surface area contributed by atoms with Gasteiger partial charge in [0.1, 0.15) is 6.17 Å². The van der Waals surface area contributed by atoms with E-state index in [1.165, 1.54) is 0 Å². The molecule has 1 heterocycles. The Balaban J connectivity index is 1.70. The van der Waals surface area contributed by atoms with Crippen molar-refractivity contribution in [1.82, 2.24) is 15.8 Å². The van der Waals surface area contributed by atoms with Gasteiger partial charge in [0.05, 0.1) is 12.1 Å². The van der Waals surface area contributed by atoms with E-state index in [1.54, 1.807) is 24.3 Å². The Morgan fingerprint density at radius 2 is 1.82 bits per heavy atom. The highest BCUT2D eigenvalue weighted by molar-refractivity contribution is 7.80. The van der Waals surface area contributed by atoms with Crippen LogP contribution < -0.4 is 10.7 Å². The van der Waals surface area contributed by atoms with Crippen molar-refractivity contribution < 1.29 is 9.90 Å². The van der Waals surface area contributed by atoms with Gasteiger partial charge in [0.15, 0.2) is 5.11 Å². The standard InChI is InChI=1S/C16H15N3O2S/c20-15(21)13-8-6-12(7-9-13)14-17-16(22)19(18-14)10-11-4-2-1-3-5-11/h1-9,14,18H,10H2,(H,17,22)(H,20,21). The van der Waals surface area contributed by atoms with E-state index in [0.717, 1.165) is 11.1 Å². The number of hydrazine groups is 1. The largest absolute Gasteiger partial charge is 0.478 e. The Morgan fingerprint density at radius 1 is 1.14 bits per heavy atom. The fourth-order valence-electron chi connectivity index (χ4n) is 2.31. The van der Waals surface area contributed by atoms with Gasteiger partial charge in [-0.1, -0.05) is 42.5 Å². The first kappa shape index (κ1) is 14.5. The van der Waals surface area contributed by atoms with Crippen molar-refractivity contribution in [1.29, 1.82) is 0 Å². The maximum atomic E-state index is 10.9. The molecule has 1 unspecified atom stereocenters. The van der Waals surface area contributed by atoms with Gasteiger partial charge in [-0.05, 0) is 35.5 Å². The van der Waals surface area contributed by atoms with Gasteiger partial charge in [0, 0.05) is 0 Å². The molecule has 2 aromatic rings. The average molecular weight is 313 g/mol. The van der Waals surface area contributed by atoms with Gasteiger partial charge in [0.25, 0.3) is 0 Å². The first-order valence-electron chi connectivity index (χ1n) is 6.85. The van der Waals surface area contributed by atoms with Crippen LogP contribution in [0.25, 0.3) is 0 Å². The van der Waals surface area contributed by atoms with Crippen LogP contribution in [0.2, 0.25) is 0 Å². The van der Waals surface area contributed by atoms with E-state index in [1.807, 2.05) is 35.3 Å². The smallest absolute Gasteiger partial charge is 0.335 e. The van der Waals surface area contributed by atoms with Gasteiger partial charge in [-0.15, -0.1) is 0 Å². The Bertz CT molecular complexity index is 688. The van der Waals surface area contributed by atoms with Crippen LogP contribution in [0.15, 0.2) is 54.6 Å². The fraction of sp³-hybridized carbons (Fsp3) is 0.125. The van der Waals surface area contributed by atoms with Gasteiger partial charge in [-0.25, -0.2) is 10.2 Å². The minimum absolute atomic E-state index is 0.154. The lowest BCUT2D eigenvalue weighted by Gasteiger charge is -2.17. The minimum atomic E-state index is -0.930. The molecule has 0 saturated carbocycles. The quantitative estimate of drug-likeness (QED) is 0.753. The number of benzene rings is 2. The molecule has 1 saturated heterocycles. The van der Waals surface area contributed by atoms with Crippen LogP contribution >= 0.6 is 12.2 Å². The summed E-state index contributed by atoms with van der Waals surface area (Å²) in [7, 11) is 0. The fourth-order valence-corrected chi connectivity index (χ4v) is 2.54. The number of nitrogens with zero attached hydrogens (tertiary/aromatic N) is 1. The molecule has 0 spiro atoms. The molecule has 0 aliphatic carbocycles. The second-order valence-corrected chi connectivity index (χ2v) is 5.40. The normalized spacial score (nSPS) is 17.4. The SMILES string of the molecule is O=C(O)c1ccc(C2NC(=S)N(Cc3ccccc3)N2)cc1. The molecule has 6 heteroatoms. The zero-order valence-corrected chi connectivity index (χ0v) is 12.5. The lowest BCUT2D eigenvalue weighted by molar-refractivity contribution is 0.0697. The molecule has 1 aliphatic heterocycles. The van der Waals surface area contributed by atoms with Gasteiger partial charge in [-0.2, -0.15) is 0 Å². The topological polar surface area (TPSA) is 64.6 Å². The molecule has 0 amide bonds. The molecule has 2 aromatic carbocycles. The Labute approximate surface area is 133 Å². The number of carbonyl (C=O) groups is 1. The molecule has 5 nitrogen and oxygen atoms in total. The summed E-state index contributed by atoms with van der Waals surface area (Å²) >= 11 is 5.34. The maximum Gasteiger partial charge on any atom is 0.335 e. The van der Waals surface area contributed by atoms with Crippen molar-refractivity contribution in [3.05, 3.63) is 71.3 Å². The molecule has 1 aliphatic rings. The molecule has 1 atom stereocenters. The van der Waals surface area contributed by atoms with Crippen LogP contribution in [0.5, 0.6) is 0 Å². The molecule has 22 heavy (non-hydrogen) atoms. The molecule has 3 rings (SSSR count). The molecular formula is C16H15N3O2S. The monoisotopic (exact) mass is 313 g/mol. The predicted octanol–water partition coefficient (Wildman–Crippen LogP) is 2.28. The molecule has 0 radical (unpaired) electrons. The molecular weight excluding hydrogens is 298 g/mol. The summed E-state index contributed by atoms with van der Waals surface area (Å²) in [4.78, 5) is 10.9. The van der Waals surface area contributed by atoms with E-state index < -0.39 is 5.97 Å². The summed E-state index contributed by atoms with van der Waals surface area (Å²) in [5.41, 5.74) is 5.64. The van der Waals surface area contributed by atoms with Crippen LogP contribution in [0.3, 0.4) is 0 Å². The number of hydrogen-bond donors (Lipinski definition) is 3. The summed E-state index contributed by atoms with van der Waals surface area (Å²) in [6.07, 6.45) is -0.154. The summed E-state index contributed by atoms with van der Waals surface area (Å²) in [5, 5.41) is 14.6. The van der Waals surface area contributed by atoms with Gasteiger partial charge in [-0.3, -0.25) is 5.01 Å². The third-order valence-corrected chi connectivity index (χ3v) is 3.81. The maximum absolute atomic E-state index is 10.9. The van der Waals surface area contributed by atoms with Crippen LogP contribution in [0.1, 0.15) is 27.7 Å². The average Bonchev–Trinajstić information content (AvgIpc) is 2.89. The third kappa shape index (κ3) is 3.08. The van der Waals surface area contributed by atoms with Gasteiger partial charge in [0.2, 0.25) is 0 Å². The highest BCUT2D eigenvalue weighted by Crippen LogP contribution is 2.18. The van der Waals surface area contributed by atoms with E-state index in [4.69, 9.17) is 17.3 Å². The van der Waals surface area contributed by atoms with Crippen LogP contribution in [-0.4, -0.2) is 21.2 Å². The zero-order chi connectivity index (χ0) is 15.5. The van der Waals surface area contributed by atoms with Gasteiger partial charge < -0.3 is 10.4 Å². The first-order chi connectivity index (χ1) is 10.6. The van der Waals surface area contributed by atoms with E-state index >= 15 is 0 Å². The van der Waals surface area contributed by atoms with Crippen molar-refractivity contribution in [2.24, 2.45) is 0 Å². The summed E-state index contributed by atoms with van der Waals surface area (Å²) < 4.78 is 0. The number of aromatic carboxylic acids is 1. The molecule has 3 N–H and O–H groups in total. The predicted molar refractivity (Wildman–Crippen MR) is 87.0 cm³/mol. The van der Waals surface area contributed by atoms with E-state index in [-0.39, 0.29) is 11.7 Å². The van der Waals surface area contributed by atoms with Crippen LogP contribution in [-0.2, 0) is 6.54 Å². The lowest BCUT2D eigenvalue weighted by atomic mass is 10.1. The number of thiocarbonyl (C=S) groups is 1. The van der Waals surface area contributed by atoms with Crippen molar-refractivity contribution in [2.45, 2.75) is 12.7 Å². The number of hydrogen-bond acceptors (Lipinski definition) is 3. The molecule has 0 bridgehead atoms. The third-order valence-electron chi connectivity index (χ3n) is 3.47. The minimum Gasteiger partial charge on any atom is -0.478 e. The molecule has 1 fully saturated rings. The lowest BCUT2D eigenvalue weighted by Crippen LogP contribution is -2.34. The second-order valence-electron chi connectivity index (χ2n) is 5.01. The van der Waals surface area contributed by atoms with Crippen molar-refractivity contribution in [2.75, 3.05) is 0 Å². The number of carboxylic acids is 1. The zero-order valence-electron chi connectivity index (χ0n) is 11.7. The van der Waals surface area contributed by atoms with Crippen LogP contribution in [0.4, 0.5) is 0 Å². The highest BCUT2D eigenvalue weighted by atomic mass is 32.1. The Hall–Kier alpha value is -2.44. The van der Waals surface area contributed by atoms with Crippen molar-refractivity contribution >= 4 is 23.3 Å². The number of nitrogens with one attached hydrogen (secondary N) is 2. The second kappa shape index (κ2) is 6.13. The van der Waals surface area contributed by atoms with Crippen molar-refractivity contribution in [3.8, 4) is 0 Å². The van der Waals surface area contributed by atoms with E-state index in [0.29, 0.717) is 11.7 Å². The van der Waals surface area contributed by atoms with E-state index in [2.05, 4.69) is 10.7 Å². The van der Waals surface area contributed by atoms with Crippen molar-refractivity contribution in [3.63, 3.8) is 0 Å². The van der Waals surface area contributed by atoms with E-state index in [9.17, 15) is 4.79 Å². The Kier molecular flexibility index (Phi) is 4.04. The molecule has 0 aromatic heterocycles.